The van der Waals surface area contributed by atoms with E-state index in [0.29, 0.717) is 12.6 Å². The molecule has 5 heteroatoms. The molecule has 0 amide bonds. The summed E-state index contributed by atoms with van der Waals surface area (Å²) in [7, 11) is 1.82. The van der Waals surface area contributed by atoms with E-state index in [1.165, 1.54) is 44.5 Å². The first-order valence-electron chi connectivity index (χ1n) is 9.10. The molecule has 5 nitrogen and oxygen atoms in total. The molecule has 1 aromatic carbocycles. The summed E-state index contributed by atoms with van der Waals surface area (Å²) in [4.78, 5) is 6.87. The van der Waals surface area contributed by atoms with Crippen molar-refractivity contribution >= 4 is 5.96 Å². The molecule has 0 bridgehead atoms. The first kappa shape index (κ1) is 18.6. The molecule has 1 aromatic rings. The van der Waals surface area contributed by atoms with Crippen molar-refractivity contribution < 1.29 is 4.74 Å². The fraction of sp³-hybridized carbons (Fsp3) is 0.632. The quantitative estimate of drug-likeness (QED) is 0.457. The summed E-state index contributed by atoms with van der Waals surface area (Å²) in [6, 6.07) is 8.65. The molecule has 134 valence electrons. The van der Waals surface area contributed by atoms with Crippen LogP contribution in [-0.4, -0.2) is 56.7 Å². The van der Waals surface area contributed by atoms with E-state index >= 15 is 0 Å². The van der Waals surface area contributed by atoms with Crippen molar-refractivity contribution in [2.24, 2.45) is 4.99 Å². The van der Waals surface area contributed by atoms with Crippen molar-refractivity contribution in [1.82, 2.24) is 15.5 Å². The fourth-order valence-corrected chi connectivity index (χ4v) is 3.05. The molecule has 0 saturated carbocycles. The minimum absolute atomic E-state index is 0.516. The fourth-order valence-electron chi connectivity index (χ4n) is 3.05. The highest BCUT2D eigenvalue weighted by molar-refractivity contribution is 5.79. The number of aliphatic imine (C=N–C) groups is 1. The molecule has 24 heavy (non-hydrogen) atoms. The Bertz CT molecular complexity index is 510. The van der Waals surface area contributed by atoms with Crippen LogP contribution in [0.15, 0.2) is 29.3 Å². The van der Waals surface area contributed by atoms with Crippen molar-refractivity contribution in [3.63, 3.8) is 0 Å². The van der Waals surface area contributed by atoms with Crippen molar-refractivity contribution in [2.45, 2.75) is 39.2 Å². The molecular weight excluding hydrogens is 300 g/mol. The van der Waals surface area contributed by atoms with E-state index in [1.807, 2.05) is 19.2 Å². The smallest absolute Gasteiger partial charge is 0.191 e. The van der Waals surface area contributed by atoms with Crippen LogP contribution in [-0.2, 0) is 0 Å². The van der Waals surface area contributed by atoms with Gasteiger partial charge in [0.05, 0.1) is 6.54 Å². The van der Waals surface area contributed by atoms with Crippen LogP contribution in [0.1, 0.15) is 31.7 Å². The van der Waals surface area contributed by atoms with Gasteiger partial charge >= 0.3 is 0 Å². The van der Waals surface area contributed by atoms with Gasteiger partial charge in [-0.05, 0) is 50.4 Å². The van der Waals surface area contributed by atoms with Crippen molar-refractivity contribution in [3.05, 3.63) is 29.8 Å². The predicted molar refractivity (Wildman–Crippen MR) is 101 cm³/mol. The van der Waals surface area contributed by atoms with Crippen LogP contribution in [0.25, 0.3) is 0 Å². The number of rotatable bonds is 7. The molecule has 1 aliphatic rings. The SMILES string of the molecule is CCCN1CCC(NC(=NC)NCCOc2cccc(C)c2)CC1. The van der Waals surface area contributed by atoms with E-state index in [0.717, 1.165) is 18.3 Å². The molecular formula is C19H32N4O. The normalized spacial score (nSPS) is 16.9. The maximum absolute atomic E-state index is 5.76. The Morgan fingerprint density at radius 2 is 2.12 bits per heavy atom. The number of aryl methyl sites for hydroxylation is 1. The summed E-state index contributed by atoms with van der Waals surface area (Å²) >= 11 is 0. The van der Waals surface area contributed by atoms with Gasteiger partial charge < -0.3 is 20.3 Å². The Hall–Kier alpha value is -1.75. The Labute approximate surface area is 146 Å². The average molecular weight is 332 g/mol. The monoisotopic (exact) mass is 332 g/mol. The first-order valence-corrected chi connectivity index (χ1v) is 9.10. The number of hydrogen-bond donors (Lipinski definition) is 2. The van der Waals surface area contributed by atoms with E-state index < -0.39 is 0 Å². The van der Waals surface area contributed by atoms with Crippen LogP contribution in [0, 0.1) is 6.92 Å². The maximum Gasteiger partial charge on any atom is 0.191 e. The van der Waals surface area contributed by atoms with Gasteiger partial charge in [-0.25, -0.2) is 0 Å². The van der Waals surface area contributed by atoms with Gasteiger partial charge in [-0.2, -0.15) is 0 Å². The zero-order valence-corrected chi connectivity index (χ0v) is 15.3. The molecule has 1 heterocycles. The van der Waals surface area contributed by atoms with Crippen molar-refractivity contribution in [2.75, 3.05) is 39.8 Å². The lowest BCUT2D eigenvalue weighted by Gasteiger charge is -2.32. The molecule has 0 aliphatic carbocycles. The third-order valence-electron chi connectivity index (χ3n) is 4.34. The summed E-state index contributed by atoms with van der Waals surface area (Å²) in [5, 5.41) is 6.87. The predicted octanol–water partition coefficient (Wildman–Crippen LogP) is 2.41. The molecule has 2 N–H and O–H groups in total. The number of guanidine groups is 1. The van der Waals surface area contributed by atoms with Gasteiger partial charge in [-0.1, -0.05) is 19.1 Å². The number of benzene rings is 1. The lowest BCUT2D eigenvalue weighted by Crippen LogP contribution is -2.49. The van der Waals surface area contributed by atoms with E-state index in [2.05, 4.69) is 46.5 Å². The highest BCUT2D eigenvalue weighted by atomic mass is 16.5. The molecule has 0 radical (unpaired) electrons. The number of hydrogen-bond acceptors (Lipinski definition) is 3. The number of piperidine rings is 1. The minimum Gasteiger partial charge on any atom is -0.492 e. The Balaban J connectivity index is 1.64. The zero-order valence-electron chi connectivity index (χ0n) is 15.3. The molecule has 0 spiro atoms. The van der Waals surface area contributed by atoms with E-state index in [-0.39, 0.29) is 0 Å². The summed E-state index contributed by atoms with van der Waals surface area (Å²) in [6.07, 6.45) is 3.60. The second-order valence-electron chi connectivity index (χ2n) is 6.42. The topological polar surface area (TPSA) is 48.9 Å². The molecule has 0 unspecified atom stereocenters. The van der Waals surface area contributed by atoms with Gasteiger partial charge in [0.15, 0.2) is 5.96 Å². The van der Waals surface area contributed by atoms with Gasteiger partial charge in [0.2, 0.25) is 0 Å². The maximum atomic E-state index is 5.76. The number of nitrogens with zero attached hydrogens (tertiary/aromatic N) is 2. The van der Waals surface area contributed by atoms with E-state index in [4.69, 9.17) is 4.74 Å². The van der Waals surface area contributed by atoms with Crippen LogP contribution >= 0.6 is 0 Å². The molecule has 2 rings (SSSR count). The van der Waals surface area contributed by atoms with Crippen LogP contribution in [0.5, 0.6) is 5.75 Å². The molecule has 0 atom stereocenters. The van der Waals surface area contributed by atoms with Gasteiger partial charge in [0.25, 0.3) is 0 Å². The Kier molecular flexibility index (Phi) is 7.89. The minimum atomic E-state index is 0.516. The summed E-state index contributed by atoms with van der Waals surface area (Å²) < 4.78 is 5.76. The van der Waals surface area contributed by atoms with E-state index in [9.17, 15) is 0 Å². The van der Waals surface area contributed by atoms with Crippen LogP contribution in [0.3, 0.4) is 0 Å². The van der Waals surface area contributed by atoms with Crippen LogP contribution in [0.4, 0.5) is 0 Å². The highest BCUT2D eigenvalue weighted by Crippen LogP contribution is 2.12. The lowest BCUT2D eigenvalue weighted by atomic mass is 10.1. The van der Waals surface area contributed by atoms with Crippen LogP contribution < -0.4 is 15.4 Å². The van der Waals surface area contributed by atoms with Crippen molar-refractivity contribution in [3.8, 4) is 5.75 Å². The molecule has 1 aliphatic heterocycles. The lowest BCUT2D eigenvalue weighted by molar-refractivity contribution is 0.206. The summed E-state index contributed by atoms with van der Waals surface area (Å²) in [5.41, 5.74) is 1.22. The largest absolute Gasteiger partial charge is 0.492 e. The summed E-state index contributed by atoms with van der Waals surface area (Å²) in [6.45, 7) is 9.26. The number of nitrogens with one attached hydrogen (secondary N) is 2. The second-order valence-corrected chi connectivity index (χ2v) is 6.42. The Morgan fingerprint density at radius 3 is 2.79 bits per heavy atom. The van der Waals surface area contributed by atoms with Gasteiger partial charge in [-0.15, -0.1) is 0 Å². The third kappa shape index (κ3) is 6.40. The van der Waals surface area contributed by atoms with Gasteiger partial charge in [0, 0.05) is 26.2 Å². The van der Waals surface area contributed by atoms with Crippen molar-refractivity contribution in [1.29, 1.82) is 0 Å². The molecule has 1 fully saturated rings. The average Bonchev–Trinajstić information content (AvgIpc) is 2.59. The standard InChI is InChI=1S/C19H32N4O/c1-4-11-23-12-8-17(9-13-23)22-19(20-3)21-10-14-24-18-7-5-6-16(2)15-18/h5-7,15,17H,4,8-14H2,1-3H3,(H2,20,21,22). The second kappa shape index (κ2) is 10.2. The molecule has 0 aromatic heterocycles. The first-order chi connectivity index (χ1) is 11.7. The highest BCUT2D eigenvalue weighted by Gasteiger charge is 2.19. The Morgan fingerprint density at radius 1 is 1.33 bits per heavy atom. The third-order valence-corrected chi connectivity index (χ3v) is 4.34. The van der Waals surface area contributed by atoms with Gasteiger partial charge in [0.1, 0.15) is 12.4 Å². The van der Waals surface area contributed by atoms with E-state index in [1.54, 1.807) is 0 Å². The zero-order chi connectivity index (χ0) is 17.2. The molecule has 1 saturated heterocycles. The number of ether oxygens (including phenoxy) is 1. The van der Waals surface area contributed by atoms with Gasteiger partial charge in [-0.3, -0.25) is 4.99 Å². The summed E-state index contributed by atoms with van der Waals surface area (Å²) in [5.74, 6) is 1.79. The number of likely N-dealkylation sites (tertiary alicyclic amines) is 1. The van der Waals surface area contributed by atoms with Crippen LogP contribution in [0.2, 0.25) is 0 Å².